The summed E-state index contributed by atoms with van der Waals surface area (Å²) in [5, 5.41) is 2.36. The molecule has 3 aliphatic heterocycles. The van der Waals surface area contributed by atoms with Gasteiger partial charge in [0.2, 0.25) is 0 Å². The van der Waals surface area contributed by atoms with E-state index in [0.717, 1.165) is 41.9 Å². The zero-order valence-electron chi connectivity index (χ0n) is 14.8. The van der Waals surface area contributed by atoms with Crippen molar-refractivity contribution in [2.75, 3.05) is 20.1 Å². The molecule has 1 fully saturated rings. The van der Waals surface area contributed by atoms with Crippen molar-refractivity contribution in [1.82, 2.24) is 10.4 Å². The monoisotopic (exact) mass is 412 g/mol. The molecule has 1 unspecified atom stereocenters. The molecule has 0 saturated carbocycles. The summed E-state index contributed by atoms with van der Waals surface area (Å²) in [6, 6.07) is 17.1. The van der Waals surface area contributed by atoms with Crippen LogP contribution in [0.2, 0.25) is 0 Å². The Morgan fingerprint density at radius 3 is 2.69 bits per heavy atom. The Bertz CT molecular complexity index is 859. The van der Waals surface area contributed by atoms with Crippen LogP contribution in [0.3, 0.4) is 0 Å². The van der Waals surface area contributed by atoms with Crippen molar-refractivity contribution < 1.29 is 9.64 Å². The standard InChI is InChI=1S/C21H22BrN3O/c1-24-11-9-21(10-12-24)25-19(17-13-16(22)7-8-20(17)26-21)14-18(23-25)15-5-3-2-4-6-15/h2-8,13-14,19,23H,9-12H2,1H3/p+1. The van der Waals surface area contributed by atoms with E-state index in [1.54, 1.807) is 4.90 Å². The van der Waals surface area contributed by atoms with Gasteiger partial charge in [0.05, 0.1) is 44.7 Å². The molecule has 0 aromatic heterocycles. The Kier molecular flexibility index (Phi) is 3.85. The number of quaternary nitrogens is 1. The topological polar surface area (TPSA) is 28.9 Å². The minimum atomic E-state index is -0.280. The van der Waals surface area contributed by atoms with Crippen molar-refractivity contribution in [1.29, 1.82) is 0 Å². The van der Waals surface area contributed by atoms with Gasteiger partial charge >= 0.3 is 0 Å². The smallest absolute Gasteiger partial charge is 0.191 e. The van der Waals surface area contributed by atoms with Crippen LogP contribution < -0.4 is 15.1 Å². The fourth-order valence-electron chi connectivity index (χ4n) is 4.34. The summed E-state index contributed by atoms with van der Waals surface area (Å²) in [7, 11) is 2.27. The summed E-state index contributed by atoms with van der Waals surface area (Å²) < 4.78 is 7.75. The van der Waals surface area contributed by atoms with Crippen LogP contribution in [0, 0.1) is 0 Å². The lowest BCUT2D eigenvalue weighted by molar-refractivity contribution is -0.888. The highest BCUT2D eigenvalue weighted by molar-refractivity contribution is 9.10. The van der Waals surface area contributed by atoms with Crippen LogP contribution in [-0.2, 0) is 0 Å². The van der Waals surface area contributed by atoms with Crippen molar-refractivity contribution in [2.24, 2.45) is 0 Å². The van der Waals surface area contributed by atoms with Gasteiger partial charge in [-0.2, -0.15) is 5.01 Å². The van der Waals surface area contributed by atoms with Crippen molar-refractivity contribution >= 4 is 21.6 Å². The molecule has 5 heteroatoms. The quantitative estimate of drug-likeness (QED) is 0.754. The lowest BCUT2D eigenvalue weighted by atomic mass is 9.93. The highest BCUT2D eigenvalue weighted by Crippen LogP contribution is 2.48. The Balaban J connectivity index is 1.59. The molecule has 0 bridgehead atoms. The van der Waals surface area contributed by atoms with E-state index in [9.17, 15) is 0 Å². The van der Waals surface area contributed by atoms with Gasteiger partial charge in [0.15, 0.2) is 5.72 Å². The van der Waals surface area contributed by atoms with E-state index in [4.69, 9.17) is 4.74 Å². The fraction of sp³-hybridized carbons (Fsp3) is 0.333. The molecule has 0 amide bonds. The molecule has 0 radical (unpaired) electrons. The predicted molar refractivity (Wildman–Crippen MR) is 105 cm³/mol. The number of ether oxygens (including phenoxy) is 1. The van der Waals surface area contributed by atoms with Crippen LogP contribution in [-0.4, -0.2) is 30.9 Å². The number of benzene rings is 2. The van der Waals surface area contributed by atoms with Gasteiger partial charge in [-0.15, -0.1) is 0 Å². The van der Waals surface area contributed by atoms with E-state index < -0.39 is 0 Å². The largest absolute Gasteiger partial charge is 0.470 e. The number of fused-ring (bicyclic) bond motifs is 4. The third-order valence-corrected chi connectivity index (χ3v) is 6.34. The summed E-state index contributed by atoms with van der Waals surface area (Å²) in [6.07, 6.45) is 4.39. The molecule has 2 aromatic rings. The molecule has 2 N–H and O–H groups in total. The molecular weight excluding hydrogens is 390 g/mol. The first-order valence-corrected chi connectivity index (χ1v) is 10.1. The molecule has 3 heterocycles. The van der Waals surface area contributed by atoms with Gasteiger partial charge in [-0.1, -0.05) is 46.3 Å². The van der Waals surface area contributed by atoms with E-state index >= 15 is 0 Å². The van der Waals surface area contributed by atoms with Gasteiger partial charge in [0.1, 0.15) is 5.75 Å². The Hall–Kier alpha value is -1.82. The number of nitrogens with zero attached hydrogens (tertiary/aromatic N) is 1. The lowest BCUT2D eigenvalue weighted by Gasteiger charge is -2.50. The fourth-order valence-corrected chi connectivity index (χ4v) is 4.72. The Morgan fingerprint density at radius 1 is 1.15 bits per heavy atom. The van der Waals surface area contributed by atoms with Crippen LogP contribution in [0.15, 0.2) is 59.1 Å². The van der Waals surface area contributed by atoms with Crippen LogP contribution in [0.4, 0.5) is 0 Å². The Morgan fingerprint density at radius 2 is 1.92 bits per heavy atom. The van der Waals surface area contributed by atoms with Crippen molar-refractivity contribution in [2.45, 2.75) is 24.6 Å². The number of nitrogens with one attached hydrogen (secondary N) is 2. The molecule has 134 valence electrons. The number of halogens is 1. The molecule has 0 aliphatic carbocycles. The minimum absolute atomic E-state index is 0.185. The molecule has 4 nitrogen and oxygen atoms in total. The predicted octanol–water partition coefficient (Wildman–Crippen LogP) is 2.75. The summed E-state index contributed by atoms with van der Waals surface area (Å²) in [5.41, 5.74) is 7.01. The first kappa shape index (κ1) is 16.4. The van der Waals surface area contributed by atoms with E-state index in [1.807, 2.05) is 0 Å². The number of rotatable bonds is 1. The third kappa shape index (κ3) is 2.57. The summed E-state index contributed by atoms with van der Waals surface area (Å²) in [5.74, 6) is 1.02. The molecule has 3 aliphatic rings. The Labute approximate surface area is 162 Å². The van der Waals surface area contributed by atoms with Crippen LogP contribution in [0.25, 0.3) is 5.70 Å². The van der Waals surface area contributed by atoms with Gasteiger partial charge in [0.25, 0.3) is 0 Å². The molecule has 26 heavy (non-hydrogen) atoms. The van der Waals surface area contributed by atoms with E-state index in [-0.39, 0.29) is 11.8 Å². The maximum Gasteiger partial charge on any atom is 0.191 e. The van der Waals surface area contributed by atoms with Gasteiger partial charge in [-0.05, 0) is 29.8 Å². The van der Waals surface area contributed by atoms with Crippen molar-refractivity contribution in [3.63, 3.8) is 0 Å². The number of hydrogen-bond acceptors (Lipinski definition) is 3. The van der Waals surface area contributed by atoms with E-state index in [0.29, 0.717) is 0 Å². The van der Waals surface area contributed by atoms with E-state index in [2.05, 4.69) is 88.0 Å². The zero-order valence-corrected chi connectivity index (χ0v) is 16.4. The number of likely N-dealkylation sites (tertiary alicyclic amines) is 1. The third-order valence-electron chi connectivity index (χ3n) is 5.84. The molecule has 1 spiro atoms. The highest BCUT2D eigenvalue weighted by atomic mass is 79.9. The number of piperidine rings is 1. The molecule has 1 saturated heterocycles. The average molecular weight is 413 g/mol. The van der Waals surface area contributed by atoms with Crippen LogP contribution in [0.1, 0.15) is 30.0 Å². The normalized spacial score (nSPS) is 30.2. The van der Waals surface area contributed by atoms with Gasteiger partial charge in [0, 0.05) is 10.0 Å². The van der Waals surface area contributed by atoms with Crippen LogP contribution in [0.5, 0.6) is 5.75 Å². The van der Waals surface area contributed by atoms with Gasteiger partial charge in [-0.3, -0.25) is 0 Å². The molecule has 2 aromatic carbocycles. The average Bonchev–Trinajstić information content (AvgIpc) is 3.12. The molecular formula is C21H23BrN3O+. The minimum Gasteiger partial charge on any atom is -0.470 e. The number of hydrogen-bond donors (Lipinski definition) is 2. The number of hydrazine groups is 1. The SMILES string of the molecule is C[NH+]1CCC2(CC1)Oc1ccc(Br)cc1C1C=C(c3ccccc3)NN12. The molecule has 5 rings (SSSR count). The maximum atomic E-state index is 6.66. The summed E-state index contributed by atoms with van der Waals surface area (Å²) >= 11 is 3.62. The van der Waals surface area contributed by atoms with E-state index in [1.165, 1.54) is 11.1 Å². The first-order valence-electron chi connectivity index (χ1n) is 9.28. The van der Waals surface area contributed by atoms with Gasteiger partial charge in [-0.25, -0.2) is 0 Å². The highest BCUT2D eigenvalue weighted by Gasteiger charge is 2.52. The van der Waals surface area contributed by atoms with Crippen molar-refractivity contribution in [3.8, 4) is 5.75 Å². The van der Waals surface area contributed by atoms with Crippen LogP contribution >= 0.6 is 15.9 Å². The zero-order chi connectivity index (χ0) is 17.7. The second kappa shape index (κ2) is 6.12. The second-order valence-corrected chi connectivity index (χ2v) is 8.48. The second-order valence-electron chi connectivity index (χ2n) is 7.56. The van der Waals surface area contributed by atoms with Crippen molar-refractivity contribution in [3.05, 3.63) is 70.2 Å². The summed E-state index contributed by atoms with van der Waals surface area (Å²) in [6.45, 7) is 2.24. The van der Waals surface area contributed by atoms with Gasteiger partial charge < -0.3 is 15.1 Å². The lowest BCUT2D eigenvalue weighted by Crippen LogP contribution is -3.11. The maximum absolute atomic E-state index is 6.66. The summed E-state index contributed by atoms with van der Waals surface area (Å²) in [4.78, 5) is 1.58. The molecule has 1 atom stereocenters. The first-order chi connectivity index (χ1) is 12.6.